The maximum Gasteiger partial charge on any atom is 0.673 e. The van der Waals surface area contributed by atoms with Crippen LogP contribution in [0.25, 0.3) is 16.9 Å². The first-order valence-electron chi connectivity index (χ1n) is 10.4. The minimum absolute atomic E-state index is 0.210. The standard InChI is InChI=1S/C24H27N2O2.BF4/c1-6-28-23(27)20-14-19(18-10-8-7-9-11-18)15-21(24(3,4)5)26(20)22-13-12-17(2)16-25-22;2-1(3,4)5/h7-16H,6H2,1-5H3;/q+1;-1. The van der Waals surface area contributed by atoms with E-state index in [2.05, 4.69) is 31.8 Å². The van der Waals surface area contributed by atoms with Crippen LogP contribution in [0.1, 0.15) is 49.4 Å². The van der Waals surface area contributed by atoms with Gasteiger partial charge in [-0.3, -0.25) is 0 Å². The summed E-state index contributed by atoms with van der Waals surface area (Å²) in [6, 6.07) is 18.1. The number of carbonyl (C=O) groups is 1. The molecule has 1 aromatic carbocycles. The predicted molar refractivity (Wildman–Crippen MR) is 121 cm³/mol. The summed E-state index contributed by atoms with van der Waals surface area (Å²) < 4.78 is 46.3. The topological polar surface area (TPSA) is 43.1 Å². The first-order valence-corrected chi connectivity index (χ1v) is 10.4. The Morgan fingerprint density at radius 3 is 2.09 bits per heavy atom. The Morgan fingerprint density at radius 1 is 1.00 bits per heavy atom. The number of esters is 1. The highest BCUT2D eigenvalue weighted by Crippen LogP contribution is 2.27. The summed E-state index contributed by atoms with van der Waals surface area (Å²) in [4.78, 5) is 17.5. The van der Waals surface area contributed by atoms with Gasteiger partial charge in [0.05, 0.1) is 6.61 Å². The molecule has 3 rings (SSSR count). The van der Waals surface area contributed by atoms with Crippen molar-refractivity contribution in [1.82, 2.24) is 4.98 Å². The minimum Gasteiger partial charge on any atom is -0.460 e. The third kappa shape index (κ3) is 7.70. The molecule has 0 saturated carbocycles. The van der Waals surface area contributed by atoms with Crippen molar-refractivity contribution >= 4 is 13.2 Å². The van der Waals surface area contributed by atoms with Crippen molar-refractivity contribution < 1.29 is 31.4 Å². The Kier molecular flexibility index (Phi) is 8.36. The van der Waals surface area contributed by atoms with E-state index in [0.29, 0.717) is 18.1 Å². The number of nitrogens with zero attached hydrogens (tertiary/aromatic N) is 2. The van der Waals surface area contributed by atoms with Crippen molar-refractivity contribution in [2.75, 3.05) is 6.61 Å². The molecule has 0 N–H and O–H groups in total. The number of aryl methyl sites for hydroxylation is 1. The van der Waals surface area contributed by atoms with Gasteiger partial charge in [0.2, 0.25) is 5.69 Å². The SMILES string of the molecule is CCOC(=O)c1cc(-c2ccccc2)cc(C(C)(C)C)[n+]1-c1ccc(C)cn1.F[B-](F)(F)F. The number of carbonyl (C=O) groups excluding carboxylic acids is 1. The van der Waals surface area contributed by atoms with Crippen molar-refractivity contribution in [1.29, 1.82) is 0 Å². The number of rotatable bonds is 4. The molecule has 0 aliphatic heterocycles. The molecule has 0 amide bonds. The molecule has 0 atom stereocenters. The van der Waals surface area contributed by atoms with Crippen molar-refractivity contribution in [2.45, 2.75) is 40.0 Å². The Bertz CT molecular complexity index is 1070. The van der Waals surface area contributed by atoms with Crippen LogP contribution < -0.4 is 4.57 Å². The van der Waals surface area contributed by atoms with E-state index in [0.717, 1.165) is 22.4 Å². The third-order valence-corrected chi connectivity index (χ3v) is 4.55. The number of halogens is 4. The molecule has 0 unspecified atom stereocenters. The molecular weight excluding hydrogens is 435 g/mol. The molecular formula is C24H27BF4N2O2. The van der Waals surface area contributed by atoms with E-state index in [-0.39, 0.29) is 11.4 Å². The van der Waals surface area contributed by atoms with Gasteiger partial charge in [-0.15, -0.1) is 0 Å². The summed E-state index contributed by atoms with van der Waals surface area (Å²) in [6.45, 7) is 10.5. The highest BCUT2D eigenvalue weighted by Gasteiger charge is 2.31. The smallest absolute Gasteiger partial charge is 0.460 e. The van der Waals surface area contributed by atoms with Gasteiger partial charge in [-0.05, 0) is 47.7 Å². The number of benzene rings is 1. The molecule has 2 aromatic heterocycles. The lowest BCUT2D eigenvalue weighted by Crippen LogP contribution is -2.47. The number of hydrogen-bond donors (Lipinski definition) is 0. The second-order valence-corrected chi connectivity index (χ2v) is 8.38. The van der Waals surface area contributed by atoms with Crippen molar-refractivity contribution in [2.24, 2.45) is 0 Å². The molecule has 176 valence electrons. The van der Waals surface area contributed by atoms with E-state index < -0.39 is 7.25 Å². The van der Waals surface area contributed by atoms with Gasteiger partial charge in [-0.25, -0.2) is 4.79 Å². The number of hydrogen-bond acceptors (Lipinski definition) is 3. The van der Waals surface area contributed by atoms with E-state index in [9.17, 15) is 22.1 Å². The number of aromatic nitrogens is 2. The van der Waals surface area contributed by atoms with E-state index >= 15 is 0 Å². The molecule has 0 aliphatic carbocycles. The average molecular weight is 462 g/mol. The summed E-state index contributed by atoms with van der Waals surface area (Å²) in [5, 5.41) is 0. The van der Waals surface area contributed by atoms with Gasteiger partial charge in [-0.2, -0.15) is 4.57 Å². The molecule has 0 aliphatic rings. The Hall–Kier alpha value is -3.23. The molecule has 0 saturated heterocycles. The van der Waals surface area contributed by atoms with Crippen LogP contribution in [0.3, 0.4) is 0 Å². The second-order valence-electron chi connectivity index (χ2n) is 8.38. The van der Waals surface area contributed by atoms with Gasteiger partial charge in [0, 0.05) is 17.5 Å². The summed E-state index contributed by atoms with van der Waals surface area (Å²) >= 11 is 0. The fourth-order valence-corrected chi connectivity index (χ4v) is 3.14. The number of pyridine rings is 2. The molecule has 0 bridgehead atoms. The molecule has 0 spiro atoms. The highest BCUT2D eigenvalue weighted by atomic mass is 19.5. The van der Waals surface area contributed by atoms with Crippen LogP contribution in [-0.2, 0) is 10.2 Å². The van der Waals surface area contributed by atoms with Gasteiger partial charge in [0.1, 0.15) is 11.9 Å². The monoisotopic (exact) mass is 462 g/mol. The summed E-state index contributed by atoms with van der Waals surface area (Å²) in [5.74, 6) is 0.353. The lowest BCUT2D eigenvalue weighted by molar-refractivity contribution is -0.615. The van der Waals surface area contributed by atoms with Gasteiger partial charge in [0.25, 0.3) is 0 Å². The normalized spacial score (nSPS) is 11.4. The van der Waals surface area contributed by atoms with Crippen molar-refractivity contribution in [3.8, 4) is 16.9 Å². The van der Waals surface area contributed by atoms with Crippen LogP contribution in [0.4, 0.5) is 17.3 Å². The van der Waals surface area contributed by atoms with Gasteiger partial charge >= 0.3 is 19.0 Å². The van der Waals surface area contributed by atoms with Crippen molar-refractivity contribution in [3.05, 3.63) is 77.7 Å². The molecule has 4 nitrogen and oxygen atoms in total. The maximum absolute atomic E-state index is 12.9. The van der Waals surface area contributed by atoms with Crippen LogP contribution in [0.5, 0.6) is 0 Å². The van der Waals surface area contributed by atoms with Gasteiger partial charge < -0.3 is 22.0 Å². The molecule has 0 fully saturated rings. The predicted octanol–water partition coefficient (Wildman–Crippen LogP) is 6.11. The van der Waals surface area contributed by atoms with E-state index in [1.807, 2.05) is 73.1 Å². The van der Waals surface area contributed by atoms with Gasteiger partial charge in [0.15, 0.2) is 0 Å². The zero-order valence-electron chi connectivity index (χ0n) is 19.3. The Morgan fingerprint density at radius 2 is 1.61 bits per heavy atom. The Labute approximate surface area is 191 Å². The summed E-state index contributed by atoms with van der Waals surface area (Å²) in [7, 11) is -6.00. The first kappa shape index (κ1) is 26.0. The largest absolute Gasteiger partial charge is 0.673 e. The van der Waals surface area contributed by atoms with E-state index in [1.54, 1.807) is 0 Å². The summed E-state index contributed by atoms with van der Waals surface area (Å²) in [6.07, 6.45) is 1.81. The summed E-state index contributed by atoms with van der Waals surface area (Å²) in [5.41, 5.74) is 4.37. The molecule has 3 aromatic rings. The minimum atomic E-state index is -6.00. The maximum atomic E-state index is 12.9. The lowest BCUT2D eigenvalue weighted by atomic mass is 9.88. The fourth-order valence-electron chi connectivity index (χ4n) is 3.14. The van der Waals surface area contributed by atoms with E-state index in [4.69, 9.17) is 4.74 Å². The molecule has 0 radical (unpaired) electrons. The molecule has 33 heavy (non-hydrogen) atoms. The van der Waals surface area contributed by atoms with Crippen LogP contribution in [-0.4, -0.2) is 24.8 Å². The average Bonchev–Trinajstić information content (AvgIpc) is 2.72. The highest BCUT2D eigenvalue weighted by molar-refractivity contribution is 6.50. The van der Waals surface area contributed by atoms with Crippen LogP contribution >= 0.6 is 0 Å². The third-order valence-electron chi connectivity index (χ3n) is 4.55. The second kappa shape index (κ2) is 10.6. The van der Waals surface area contributed by atoms with Crippen LogP contribution in [0.15, 0.2) is 60.8 Å². The van der Waals surface area contributed by atoms with Gasteiger partial charge in [-0.1, -0.05) is 51.1 Å². The molecule has 9 heteroatoms. The molecule has 2 heterocycles. The van der Waals surface area contributed by atoms with Crippen molar-refractivity contribution in [3.63, 3.8) is 0 Å². The van der Waals surface area contributed by atoms with Crippen LogP contribution in [0.2, 0.25) is 0 Å². The zero-order chi connectivity index (χ0) is 24.8. The fraction of sp³-hybridized carbons (Fsp3) is 0.292. The van der Waals surface area contributed by atoms with Crippen LogP contribution in [0, 0.1) is 6.92 Å². The Balaban J connectivity index is 0.000000696. The first-order chi connectivity index (χ1) is 15.3. The number of ether oxygens (including phenoxy) is 1. The lowest BCUT2D eigenvalue weighted by Gasteiger charge is -2.22. The van der Waals surface area contributed by atoms with E-state index in [1.165, 1.54) is 0 Å². The zero-order valence-corrected chi connectivity index (χ0v) is 19.3. The quantitative estimate of drug-likeness (QED) is 0.204.